The van der Waals surface area contributed by atoms with Crippen molar-refractivity contribution in [2.45, 2.75) is 25.8 Å². The van der Waals surface area contributed by atoms with Crippen molar-refractivity contribution in [2.24, 2.45) is 0 Å². The summed E-state index contributed by atoms with van der Waals surface area (Å²) in [7, 11) is 0. The van der Waals surface area contributed by atoms with Crippen molar-refractivity contribution in [2.75, 3.05) is 11.9 Å². The van der Waals surface area contributed by atoms with Crippen LogP contribution in [0.5, 0.6) is 0 Å². The summed E-state index contributed by atoms with van der Waals surface area (Å²) in [5.74, 6) is 0. The van der Waals surface area contributed by atoms with Gasteiger partial charge in [0.1, 0.15) is 6.07 Å². The molecule has 0 heterocycles. The van der Waals surface area contributed by atoms with E-state index in [9.17, 15) is 0 Å². The minimum Gasteiger partial charge on any atom is -0.396 e. The number of hydrogen-bond donors (Lipinski definition) is 2. The molecular formula is C12H15BrN2O. The van der Waals surface area contributed by atoms with Crippen LogP contribution >= 0.6 is 15.9 Å². The fourth-order valence-corrected chi connectivity index (χ4v) is 1.97. The van der Waals surface area contributed by atoms with Crippen molar-refractivity contribution in [1.82, 2.24) is 0 Å². The summed E-state index contributed by atoms with van der Waals surface area (Å²) in [6.07, 6.45) is 1.60. The fraction of sp³-hybridized carbons (Fsp3) is 0.417. The van der Waals surface area contributed by atoms with Crippen LogP contribution in [0.1, 0.15) is 25.3 Å². The molecule has 0 aliphatic carbocycles. The molecule has 0 amide bonds. The van der Waals surface area contributed by atoms with E-state index in [1.165, 1.54) is 0 Å². The minimum absolute atomic E-state index is 0.154. The highest BCUT2D eigenvalue weighted by molar-refractivity contribution is 9.10. The van der Waals surface area contributed by atoms with Gasteiger partial charge in [0.2, 0.25) is 0 Å². The molecule has 3 nitrogen and oxygen atoms in total. The van der Waals surface area contributed by atoms with Crippen molar-refractivity contribution in [1.29, 1.82) is 5.26 Å². The van der Waals surface area contributed by atoms with Gasteiger partial charge in [0.05, 0.1) is 11.3 Å². The van der Waals surface area contributed by atoms with E-state index in [4.69, 9.17) is 10.4 Å². The van der Waals surface area contributed by atoms with Crippen LogP contribution in [0.3, 0.4) is 0 Å². The molecule has 0 aliphatic heterocycles. The molecule has 0 bridgehead atoms. The Morgan fingerprint density at radius 1 is 1.56 bits per heavy atom. The monoisotopic (exact) mass is 282 g/mol. The Labute approximate surface area is 104 Å². The standard InChI is InChI=1S/C12H15BrN2O/c1-2-9(6-7-16)15-12-5-3-4-11(13)10(12)8-14/h3-5,9,15-16H,2,6-7H2,1H3. The Morgan fingerprint density at radius 3 is 2.88 bits per heavy atom. The maximum Gasteiger partial charge on any atom is 0.103 e. The van der Waals surface area contributed by atoms with E-state index >= 15 is 0 Å². The first-order valence-corrected chi connectivity index (χ1v) is 6.08. The predicted molar refractivity (Wildman–Crippen MR) is 68.3 cm³/mol. The van der Waals surface area contributed by atoms with Crippen LogP contribution < -0.4 is 5.32 Å². The lowest BCUT2D eigenvalue weighted by Gasteiger charge is -2.18. The Bertz CT molecular complexity index is 387. The highest BCUT2D eigenvalue weighted by Gasteiger charge is 2.10. The molecule has 0 radical (unpaired) electrons. The van der Waals surface area contributed by atoms with E-state index in [2.05, 4.69) is 34.2 Å². The number of aliphatic hydroxyl groups is 1. The molecule has 0 saturated carbocycles. The Kier molecular flexibility index (Phi) is 5.30. The zero-order valence-corrected chi connectivity index (χ0v) is 10.8. The van der Waals surface area contributed by atoms with Gasteiger partial charge in [0.25, 0.3) is 0 Å². The van der Waals surface area contributed by atoms with Gasteiger partial charge in [-0.3, -0.25) is 0 Å². The summed E-state index contributed by atoms with van der Waals surface area (Å²) in [6.45, 7) is 2.21. The first-order chi connectivity index (χ1) is 7.72. The lowest BCUT2D eigenvalue weighted by Crippen LogP contribution is -2.20. The topological polar surface area (TPSA) is 56.0 Å². The third-order valence-corrected chi connectivity index (χ3v) is 3.12. The summed E-state index contributed by atoms with van der Waals surface area (Å²) in [5.41, 5.74) is 1.43. The lowest BCUT2D eigenvalue weighted by molar-refractivity contribution is 0.278. The SMILES string of the molecule is CCC(CCO)Nc1cccc(Br)c1C#N. The molecule has 1 rings (SSSR count). The average molecular weight is 283 g/mol. The zero-order valence-electron chi connectivity index (χ0n) is 9.20. The summed E-state index contributed by atoms with van der Waals surface area (Å²) >= 11 is 3.35. The largest absolute Gasteiger partial charge is 0.396 e. The fourth-order valence-electron chi connectivity index (χ4n) is 1.51. The number of nitrogens with zero attached hydrogens (tertiary/aromatic N) is 1. The van der Waals surface area contributed by atoms with Crippen molar-refractivity contribution in [3.05, 3.63) is 28.2 Å². The van der Waals surface area contributed by atoms with Crippen molar-refractivity contribution >= 4 is 21.6 Å². The molecule has 0 spiro atoms. The number of rotatable bonds is 5. The first kappa shape index (κ1) is 13.0. The van der Waals surface area contributed by atoms with Crippen molar-refractivity contribution in [3.63, 3.8) is 0 Å². The molecule has 0 saturated heterocycles. The number of anilines is 1. The minimum atomic E-state index is 0.154. The van der Waals surface area contributed by atoms with E-state index in [-0.39, 0.29) is 12.6 Å². The second-order valence-electron chi connectivity index (χ2n) is 3.54. The molecule has 4 heteroatoms. The molecule has 16 heavy (non-hydrogen) atoms. The maximum atomic E-state index is 9.05. The third-order valence-electron chi connectivity index (χ3n) is 2.46. The van der Waals surface area contributed by atoms with Crippen LogP contribution in [0.25, 0.3) is 0 Å². The second-order valence-corrected chi connectivity index (χ2v) is 4.39. The summed E-state index contributed by atoms with van der Waals surface area (Å²) < 4.78 is 0.791. The molecule has 1 aromatic rings. The van der Waals surface area contributed by atoms with Gasteiger partial charge in [-0.05, 0) is 40.9 Å². The van der Waals surface area contributed by atoms with Crippen LogP contribution in [0.15, 0.2) is 22.7 Å². The molecule has 1 unspecified atom stereocenters. The van der Waals surface area contributed by atoms with E-state index in [0.717, 1.165) is 16.6 Å². The van der Waals surface area contributed by atoms with Gasteiger partial charge in [-0.1, -0.05) is 13.0 Å². The van der Waals surface area contributed by atoms with Crippen LogP contribution in [-0.4, -0.2) is 17.8 Å². The highest BCUT2D eigenvalue weighted by atomic mass is 79.9. The first-order valence-electron chi connectivity index (χ1n) is 5.29. The molecule has 1 aromatic carbocycles. The number of hydrogen-bond acceptors (Lipinski definition) is 3. The van der Waals surface area contributed by atoms with Gasteiger partial charge in [-0.15, -0.1) is 0 Å². The molecule has 2 N–H and O–H groups in total. The maximum absolute atomic E-state index is 9.05. The third kappa shape index (κ3) is 3.22. The Hall–Kier alpha value is -1.05. The van der Waals surface area contributed by atoms with Gasteiger partial charge in [0.15, 0.2) is 0 Å². The quantitative estimate of drug-likeness (QED) is 0.873. The van der Waals surface area contributed by atoms with Gasteiger partial charge in [-0.25, -0.2) is 0 Å². The molecular weight excluding hydrogens is 268 g/mol. The summed E-state index contributed by atoms with van der Waals surface area (Å²) in [4.78, 5) is 0. The number of halogens is 1. The average Bonchev–Trinajstić information content (AvgIpc) is 2.28. The van der Waals surface area contributed by atoms with Crippen LogP contribution in [0.2, 0.25) is 0 Å². The number of nitrogens with one attached hydrogen (secondary N) is 1. The van der Waals surface area contributed by atoms with Crippen LogP contribution in [-0.2, 0) is 0 Å². The molecule has 86 valence electrons. The van der Waals surface area contributed by atoms with E-state index < -0.39 is 0 Å². The molecule has 1 atom stereocenters. The van der Waals surface area contributed by atoms with Crippen molar-refractivity contribution < 1.29 is 5.11 Å². The van der Waals surface area contributed by atoms with Gasteiger partial charge in [-0.2, -0.15) is 5.26 Å². The Morgan fingerprint density at radius 2 is 2.31 bits per heavy atom. The Balaban J connectivity index is 2.88. The van der Waals surface area contributed by atoms with Gasteiger partial charge in [0, 0.05) is 17.1 Å². The zero-order chi connectivity index (χ0) is 12.0. The molecule has 0 fully saturated rings. The van der Waals surface area contributed by atoms with Crippen molar-refractivity contribution in [3.8, 4) is 6.07 Å². The summed E-state index contributed by atoms with van der Waals surface area (Å²) in [5, 5.41) is 21.2. The van der Waals surface area contributed by atoms with Gasteiger partial charge >= 0.3 is 0 Å². The smallest absolute Gasteiger partial charge is 0.103 e. The van der Waals surface area contributed by atoms with Gasteiger partial charge < -0.3 is 10.4 Å². The molecule has 0 aromatic heterocycles. The lowest BCUT2D eigenvalue weighted by atomic mass is 10.1. The molecule has 0 aliphatic rings. The number of benzene rings is 1. The van der Waals surface area contributed by atoms with E-state index in [1.807, 2.05) is 18.2 Å². The van der Waals surface area contributed by atoms with Crippen LogP contribution in [0, 0.1) is 11.3 Å². The second kappa shape index (κ2) is 6.51. The highest BCUT2D eigenvalue weighted by Crippen LogP contribution is 2.25. The summed E-state index contributed by atoms with van der Waals surface area (Å²) in [6, 6.07) is 7.97. The van der Waals surface area contributed by atoms with E-state index in [1.54, 1.807) is 0 Å². The number of nitriles is 1. The normalized spacial score (nSPS) is 11.9. The number of aliphatic hydroxyl groups excluding tert-OH is 1. The van der Waals surface area contributed by atoms with E-state index in [0.29, 0.717) is 12.0 Å². The predicted octanol–water partition coefficient (Wildman–Crippen LogP) is 2.89. The van der Waals surface area contributed by atoms with Crippen LogP contribution in [0.4, 0.5) is 5.69 Å².